The number of hydrogen-bond donors (Lipinski definition) is 2. The van der Waals surface area contributed by atoms with E-state index >= 15 is 4.39 Å². The SMILES string of the molecule is CC(C)CS(=O)(=O)CNc1cccc(-c2nc(CC3CCCCOCC3)sc2-c2ccnc(N)n2)c1F. The second-order valence-corrected chi connectivity index (χ2v) is 13.0. The Morgan fingerprint density at radius 2 is 2.03 bits per heavy atom. The second-order valence-electron chi connectivity index (χ2n) is 9.84. The maximum absolute atomic E-state index is 15.8. The van der Waals surface area contributed by atoms with Gasteiger partial charge in [0.05, 0.1) is 32.7 Å². The molecule has 1 aromatic carbocycles. The molecule has 0 aliphatic carbocycles. The Morgan fingerprint density at radius 3 is 2.81 bits per heavy atom. The number of ether oxygens (including phenoxy) is 1. The van der Waals surface area contributed by atoms with Crippen LogP contribution in [0.4, 0.5) is 16.0 Å². The van der Waals surface area contributed by atoms with Crippen molar-refractivity contribution in [3.05, 3.63) is 41.3 Å². The molecule has 0 radical (unpaired) electrons. The topological polar surface area (TPSA) is 120 Å². The van der Waals surface area contributed by atoms with Crippen molar-refractivity contribution in [1.82, 2.24) is 15.0 Å². The van der Waals surface area contributed by atoms with E-state index in [0.717, 1.165) is 50.3 Å². The van der Waals surface area contributed by atoms with E-state index in [0.29, 0.717) is 22.2 Å². The van der Waals surface area contributed by atoms with E-state index in [1.54, 1.807) is 24.4 Å². The number of nitrogen functional groups attached to an aromatic ring is 1. The summed E-state index contributed by atoms with van der Waals surface area (Å²) in [7, 11) is -3.38. The minimum absolute atomic E-state index is 0.0105. The minimum Gasteiger partial charge on any atom is -0.381 e. The molecule has 1 saturated heterocycles. The van der Waals surface area contributed by atoms with Gasteiger partial charge in [-0.15, -0.1) is 11.3 Å². The van der Waals surface area contributed by atoms with Gasteiger partial charge in [-0.25, -0.2) is 27.8 Å². The van der Waals surface area contributed by atoms with Crippen LogP contribution >= 0.6 is 11.3 Å². The molecule has 1 aliphatic rings. The quantitative estimate of drug-likeness (QED) is 0.376. The smallest absolute Gasteiger partial charge is 0.220 e. The number of thiazole rings is 1. The van der Waals surface area contributed by atoms with Gasteiger partial charge >= 0.3 is 0 Å². The van der Waals surface area contributed by atoms with Crippen LogP contribution in [0.3, 0.4) is 0 Å². The summed E-state index contributed by atoms with van der Waals surface area (Å²) < 4.78 is 46.2. The zero-order valence-electron chi connectivity index (χ0n) is 21.2. The van der Waals surface area contributed by atoms with Crippen LogP contribution in [0.5, 0.6) is 0 Å². The summed E-state index contributed by atoms with van der Waals surface area (Å²) in [5, 5.41) is 3.67. The lowest BCUT2D eigenvalue weighted by molar-refractivity contribution is 0.100. The number of halogens is 1. The molecule has 3 N–H and O–H groups in total. The lowest BCUT2D eigenvalue weighted by Gasteiger charge is -2.18. The van der Waals surface area contributed by atoms with E-state index in [-0.39, 0.29) is 34.7 Å². The third-order valence-electron chi connectivity index (χ3n) is 6.19. The molecule has 0 spiro atoms. The van der Waals surface area contributed by atoms with Crippen LogP contribution in [0.1, 0.15) is 44.5 Å². The zero-order valence-corrected chi connectivity index (χ0v) is 22.9. The average molecular weight is 548 g/mol. The minimum atomic E-state index is -3.38. The van der Waals surface area contributed by atoms with Crippen LogP contribution in [-0.4, -0.2) is 48.2 Å². The first-order chi connectivity index (χ1) is 17.7. The van der Waals surface area contributed by atoms with Crippen molar-refractivity contribution in [3.63, 3.8) is 0 Å². The number of sulfone groups is 1. The molecule has 2 aromatic heterocycles. The van der Waals surface area contributed by atoms with Crippen molar-refractivity contribution in [3.8, 4) is 21.8 Å². The van der Waals surface area contributed by atoms with Gasteiger partial charge in [0, 0.05) is 31.4 Å². The Morgan fingerprint density at radius 1 is 1.19 bits per heavy atom. The molecule has 11 heteroatoms. The standard InChI is InChI=1S/C26H34FN5O3S2/c1-17(2)15-37(33,34)16-30-20-8-5-7-19(23(20)27)24-25(21-9-11-29-26(28)31-21)36-22(32-24)14-18-6-3-4-12-35-13-10-18/h5,7-9,11,17-18,30H,3-4,6,10,12-16H2,1-2H3,(H2,28,29,31). The molecule has 1 fully saturated rings. The zero-order chi connectivity index (χ0) is 26.4. The van der Waals surface area contributed by atoms with Crippen LogP contribution in [0.2, 0.25) is 0 Å². The van der Waals surface area contributed by atoms with Gasteiger partial charge in [-0.2, -0.15) is 0 Å². The molecule has 0 bridgehead atoms. The summed E-state index contributed by atoms with van der Waals surface area (Å²) in [4.78, 5) is 13.9. The molecule has 1 atom stereocenters. The molecule has 0 amide bonds. The number of nitrogens with two attached hydrogens (primary N) is 1. The summed E-state index contributed by atoms with van der Waals surface area (Å²) in [6.07, 6.45) is 6.58. The van der Waals surface area contributed by atoms with Crippen LogP contribution in [0.15, 0.2) is 30.5 Å². The first-order valence-corrected chi connectivity index (χ1v) is 15.2. The first kappa shape index (κ1) is 27.4. The van der Waals surface area contributed by atoms with Crippen molar-refractivity contribution in [1.29, 1.82) is 0 Å². The number of anilines is 2. The van der Waals surface area contributed by atoms with E-state index in [1.807, 2.05) is 13.8 Å². The van der Waals surface area contributed by atoms with E-state index in [9.17, 15) is 8.42 Å². The number of aromatic nitrogens is 3. The van der Waals surface area contributed by atoms with Gasteiger partial charge in [0.25, 0.3) is 0 Å². The van der Waals surface area contributed by atoms with Gasteiger partial charge in [-0.05, 0) is 49.3 Å². The highest BCUT2D eigenvalue weighted by Crippen LogP contribution is 2.39. The average Bonchev–Trinajstić information content (AvgIpc) is 3.23. The highest BCUT2D eigenvalue weighted by Gasteiger charge is 2.23. The van der Waals surface area contributed by atoms with Crippen molar-refractivity contribution in [2.24, 2.45) is 11.8 Å². The molecule has 1 aliphatic heterocycles. The van der Waals surface area contributed by atoms with Crippen LogP contribution in [0.25, 0.3) is 21.8 Å². The van der Waals surface area contributed by atoms with E-state index < -0.39 is 15.7 Å². The molecular weight excluding hydrogens is 513 g/mol. The Balaban J connectivity index is 1.67. The Hall–Kier alpha value is -2.63. The number of nitrogens with one attached hydrogen (secondary N) is 1. The Labute approximate surface area is 221 Å². The summed E-state index contributed by atoms with van der Waals surface area (Å²) in [6.45, 7) is 5.23. The van der Waals surface area contributed by atoms with E-state index in [4.69, 9.17) is 15.5 Å². The third kappa shape index (κ3) is 7.45. The lowest BCUT2D eigenvalue weighted by Crippen LogP contribution is -2.21. The van der Waals surface area contributed by atoms with Gasteiger partial charge in [-0.1, -0.05) is 26.3 Å². The predicted molar refractivity (Wildman–Crippen MR) is 147 cm³/mol. The Kier molecular flexibility index (Phi) is 9.09. The first-order valence-electron chi connectivity index (χ1n) is 12.6. The molecular formula is C26H34FN5O3S2. The predicted octanol–water partition coefficient (Wildman–Crippen LogP) is 5.18. The van der Waals surface area contributed by atoms with E-state index in [2.05, 4.69) is 15.3 Å². The summed E-state index contributed by atoms with van der Waals surface area (Å²) in [6, 6.07) is 6.62. The third-order valence-corrected chi connectivity index (χ3v) is 9.05. The van der Waals surface area contributed by atoms with Crippen molar-refractivity contribution < 1.29 is 17.5 Å². The number of rotatable bonds is 9. The van der Waals surface area contributed by atoms with Crippen LogP contribution in [0, 0.1) is 17.7 Å². The number of nitrogens with zero attached hydrogens (tertiary/aromatic N) is 3. The van der Waals surface area contributed by atoms with E-state index in [1.165, 1.54) is 17.4 Å². The summed E-state index contributed by atoms with van der Waals surface area (Å²) >= 11 is 1.48. The van der Waals surface area contributed by atoms with Gasteiger partial charge < -0.3 is 15.8 Å². The monoisotopic (exact) mass is 547 g/mol. The molecule has 1 unspecified atom stereocenters. The van der Waals surface area contributed by atoms with Crippen molar-refractivity contribution in [2.75, 3.05) is 35.9 Å². The molecule has 3 aromatic rings. The van der Waals surface area contributed by atoms with Crippen LogP contribution in [-0.2, 0) is 21.0 Å². The fourth-order valence-electron chi connectivity index (χ4n) is 4.50. The highest BCUT2D eigenvalue weighted by atomic mass is 32.2. The summed E-state index contributed by atoms with van der Waals surface area (Å²) in [5.41, 5.74) is 7.28. The maximum atomic E-state index is 15.8. The lowest BCUT2D eigenvalue weighted by atomic mass is 9.95. The van der Waals surface area contributed by atoms with Gasteiger partial charge in [0.15, 0.2) is 15.7 Å². The fraction of sp³-hybridized carbons (Fsp3) is 0.500. The number of benzene rings is 1. The summed E-state index contributed by atoms with van der Waals surface area (Å²) in [5.74, 6) is -0.311. The molecule has 3 heterocycles. The van der Waals surface area contributed by atoms with Crippen molar-refractivity contribution >= 4 is 32.8 Å². The normalized spacial score (nSPS) is 16.9. The molecule has 0 saturated carbocycles. The Bertz CT molecular complexity index is 1310. The maximum Gasteiger partial charge on any atom is 0.220 e. The molecule has 37 heavy (non-hydrogen) atoms. The highest BCUT2D eigenvalue weighted by molar-refractivity contribution is 7.91. The second kappa shape index (κ2) is 12.3. The van der Waals surface area contributed by atoms with Crippen LogP contribution < -0.4 is 11.1 Å². The number of hydrogen-bond acceptors (Lipinski definition) is 9. The van der Waals surface area contributed by atoms with Gasteiger partial charge in [0.2, 0.25) is 5.95 Å². The fourth-order valence-corrected chi connectivity index (χ4v) is 7.17. The molecule has 8 nitrogen and oxygen atoms in total. The molecule has 200 valence electrons. The van der Waals surface area contributed by atoms with Gasteiger partial charge in [-0.3, -0.25) is 0 Å². The van der Waals surface area contributed by atoms with Crippen molar-refractivity contribution in [2.45, 2.75) is 46.0 Å². The van der Waals surface area contributed by atoms with Gasteiger partial charge in [0.1, 0.15) is 5.88 Å². The largest absolute Gasteiger partial charge is 0.381 e. The molecule has 4 rings (SSSR count).